The minimum Gasteiger partial charge on any atom is -0.468 e. The summed E-state index contributed by atoms with van der Waals surface area (Å²) < 4.78 is 4.94. The summed E-state index contributed by atoms with van der Waals surface area (Å²) in [6.45, 7) is 8.10. The normalized spacial score (nSPS) is 14.0. The number of carbonyl (C=O) groups excluding carboxylic acids is 1. The van der Waals surface area contributed by atoms with Crippen molar-refractivity contribution in [3.63, 3.8) is 0 Å². The van der Waals surface area contributed by atoms with Gasteiger partial charge in [-0.3, -0.25) is 10.1 Å². The molecule has 0 aliphatic rings. The largest absolute Gasteiger partial charge is 0.468 e. The van der Waals surface area contributed by atoms with Crippen LogP contribution in [0.1, 0.15) is 39.2 Å². The van der Waals surface area contributed by atoms with Crippen molar-refractivity contribution in [2.45, 2.75) is 57.0 Å². The predicted molar refractivity (Wildman–Crippen MR) is 89.8 cm³/mol. The molecule has 118 valence electrons. The van der Waals surface area contributed by atoms with Crippen molar-refractivity contribution in [3.8, 4) is 0 Å². The highest BCUT2D eigenvalue weighted by Crippen LogP contribution is 2.22. The van der Waals surface area contributed by atoms with Crippen molar-refractivity contribution in [3.05, 3.63) is 29.8 Å². The molecule has 0 bridgehead atoms. The average Bonchev–Trinajstić information content (AvgIpc) is 2.44. The first kappa shape index (κ1) is 18.1. The molecular weight excluding hydrogens is 282 g/mol. The fourth-order valence-electron chi connectivity index (χ4n) is 2.35. The van der Waals surface area contributed by atoms with Gasteiger partial charge in [0.25, 0.3) is 0 Å². The van der Waals surface area contributed by atoms with E-state index in [2.05, 4.69) is 36.5 Å². The molecule has 1 N–H and O–H groups in total. The number of carbonyl (C=O) groups is 1. The molecule has 1 rings (SSSR count). The molecule has 0 saturated heterocycles. The van der Waals surface area contributed by atoms with Crippen LogP contribution in [0.2, 0.25) is 0 Å². The molecule has 0 heterocycles. The van der Waals surface area contributed by atoms with E-state index in [1.165, 1.54) is 17.6 Å². The van der Waals surface area contributed by atoms with Gasteiger partial charge in [0.15, 0.2) is 0 Å². The Labute approximate surface area is 132 Å². The number of benzene rings is 1. The maximum absolute atomic E-state index is 12.0. The Morgan fingerprint density at radius 1 is 1.33 bits per heavy atom. The fourth-order valence-corrected chi connectivity index (χ4v) is 3.20. The quantitative estimate of drug-likeness (QED) is 0.450. The Hall–Kier alpha value is -1.00. The summed E-state index contributed by atoms with van der Waals surface area (Å²) in [5, 5.41) is 3.33. The second kappa shape index (κ2) is 8.44. The molecule has 0 aromatic heterocycles. The van der Waals surface area contributed by atoms with Crippen LogP contribution in [0, 0.1) is 6.92 Å². The van der Waals surface area contributed by atoms with Crippen molar-refractivity contribution in [2.24, 2.45) is 0 Å². The van der Waals surface area contributed by atoms with Crippen LogP contribution < -0.4 is 5.32 Å². The molecule has 0 radical (unpaired) electrons. The van der Waals surface area contributed by atoms with E-state index in [4.69, 9.17) is 4.74 Å². The number of hydrogen-bond donors (Lipinski definition) is 1. The van der Waals surface area contributed by atoms with Crippen LogP contribution in [0.3, 0.4) is 0 Å². The van der Waals surface area contributed by atoms with Gasteiger partial charge >= 0.3 is 5.97 Å². The zero-order valence-electron chi connectivity index (χ0n) is 13.7. The van der Waals surface area contributed by atoms with Crippen LogP contribution in [0.25, 0.3) is 0 Å². The summed E-state index contributed by atoms with van der Waals surface area (Å²) in [4.78, 5) is 13.3. The van der Waals surface area contributed by atoms with Gasteiger partial charge in [0.05, 0.1) is 7.11 Å². The average molecular weight is 309 g/mol. The Morgan fingerprint density at radius 2 is 1.95 bits per heavy atom. The van der Waals surface area contributed by atoms with E-state index in [0.29, 0.717) is 0 Å². The Balaban J connectivity index is 2.46. The van der Waals surface area contributed by atoms with Gasteiger partial charge in [-0.2, -0.15) is 0 Å². The van der Waals surface area contributed by atoms with E-state index < -0.39 is 5.54 Å². The molecule has 21 heavy (non-hydrogen) atoms. The van der Waals surface area contributed by atoms with E-state index in [-0.39, 0.29) is 12.0 Å². The van der Waals surface area contributed by atoms with Crippen molar-refractivity contribution < 1.29 is 9.53 Å². The number of rotatable bonds is 8. The molecule has 4 heteroatoms. The van der Waals surface area contributed by atoms with E-state index in [1.807, 2.05) is 32.5 Å². The molecule has 0 fully saturated rings. The maximum atomic E-state index is 12.0. The number of ether oxygens (including phenoxy) is 1. The number of nitrogens with one attached hydrogen (secondary N) is 1. The third-order valence-electron chi connectivity index (χ3n) is 3.35. The van der Waals surface area contributed by atoms with Crippen molar-refractivity contribution in [1.29, 1.82) is 0 Å². The topological polar surface area (TPSA) is 38.3 Å². The van der Waals surface area contributed by atoms with Crippen LogP contribution in [0.5, 0.6) is 0 Å². The fraction of sp³-hybridized carbons (Fsp3) is 0.588. The van der Waals surface area contributed by atoms with Crippen LogP contribution >= 0.6 is 11.8 Å². The summed E-state index contributed by atoms with van der Waals surface area (Å²) >= 11 is 1.83. The second-order valence-corrected chi connectivity index (χ2v) is 7.06. The number of thioether (sulfide) groups is 1. The van der Waals surface area contributed by atoms with Gasteiger partial charge < -0.3 is 4.74 Å². The Morgan fingerprint density at radius 3 is 2.48 bits per heavy atom. The smallest absolute Gasteiger partial charge is 0.325 e. The SMILES string of the molecule is COC(=O)C(C)(CCCSc1ccc(C)cc1)NC(C)C. The van der Waals surface area contributed by atoms with Gasteiger partial charge in [-0.1, -0.05) is 17.7 Å². The van der Waals surface area contributed by atoms with Gasteiger partial charge in [0, 0.05) is 10.9 Å². The first-order chi connectivity index (χ1) is 9.87. The zero-order valence-corrected chi connectivity index (χ0v) is 14.5. The second-order valence-electron chi connectivity index (χ2n) is 5.89. The summed E-state index contributed by atoms with van der Waals surface area (Å²) in [6.07, 6.45) is 1.74. The molecule has 1 aromatic rings. The molecular formula is C17H27NO2S. The van der Waals surface area contributed by atoms with Gasteiger partial charge in [-0.15, -0.1) is 11.8 Å². The van der Waals surface area contributed by atoms with Gasteiger partial charge in [-0.05, 0) is 58.4 Å². The van der Waals surface area contributed by atoms with Crippen molar-refractivity contribution >= 4 is 17.7 Å². The maximum Gasteiger partial charge on any atom is 0.325 e. The monoisotopic (exact) mass is 309 g/mol. The van der Waals surface area contributed by atoms with E-state index in [0.717, 1.165) is 18.6 Å². The lowest BCUT2D eigenvalue weighted by Crippen LogP contribution is -2.53. The Kier molecular flexibility index (Phi) is 7.26. The van der Waals surface area contributed by atoms with Gasteiger partial charge in [0.2, 0.25) is 0 Å². The number of hydrogen-bond acceptors (Lipinski definition) is 4. The summed E-state index contributed by atoms with van der Waals surface area (Å²) in [5.74, 6) is 0.812. The molecule has 1 atom stereocenters. The highest BCUT2D eigenvalue weighted by Gasteiger charge is 2.33. The Bertz CT molecular complexity index is 445. The number of aryl methyl sites for hydroxylation is 1. The number of esters is 1. The lowest BCUT2D eigenvalue weighted by molar-refractivity contribution is -0.148. The lowest BCUT2D eigenvalue weighted by Gasteiger charge is -2.30. The molecule has 0 aliphatic carbocycles. The summed E-state index contributed by atoms with van der Waals surface area (Å²) in [5.41, 5.74) is 0.676. The van der Waals surface area contributed by atoms with Crippen LogP contribution in [0.4, 0.5) is 0 Å². The third-order valence-corrected chi connectivity index (χ3v) is 4.45. The van der Waals surface area contributed by atoms with Crippen LogP contribution in [0.15, 0.2) is 29.2 Å². The highest BCUT2D eigenvalue weighted by molar-refractivity contribution is 7.99. The van der Waals surface area contributed by atoms with Gasteiger partial charge in [0.1, 0.15) is 5.54 Å². The van der Waals surface area contributed by atoms with E-state index in [1.54, 1.807) is 0 Å². The van der Waals surface area contributed by atoms with Crippen molar-refractivity contribution in [2.75, 3.05) is 12.9 Å². The van der Waals surface area contributed by atoms with Crippen LogP contribution in [-0.4, -0.2) is 30.4 Å². The minimum atomic E-state index is -0.600. The molecule has 0 aliphatic heterocycles. The molecule has 0 saturated carbocycles. The first-order valence-electron chi connectivity index (χ1n) is 7.43. The highest BCUT2D eigenvalue weighted by atomic mass is 32.2. The van der Waals surface area contributed by atoms with Gasteiger partial charge in [-0.25, -0.2) is 0 Å². The molecule has 3 nitrogen and oxygen atoms in total. The molecule has 0 amide bonds. The minimum absolute atomic E-state index is 0.184. The predicted octanol–water partition coefficient (Wildman–Crippen LogP) is 3.80. The summed E-state index contributed by atoms with van der Waals surface area (Å²) in [7, 11) is 1.45. The standard InChI is InChI=1S/C17H27NO2S/c1-13(2)18-17(4,16(19)20-5)11-6-12-21-15-9-7-14(3)8-10-15/h7-10,13,18H,6,11-12H2,1-5H3. The molecule has 1 aromatic carbocycles. The van der Waals surface area contributed by atoms with E-state index in [9.17, 15) is 4.79 Å². The van der Waals surface area contributed by atoms with E-state index >= 15 is 0 Å². The first-order valence-corrected chi connectivity index (χ1v) is 8.41. The van der Waals surface area contributed by atoms with Crippen molar-refractivity contribution in [1.82, 2.24) is 5.32 Å². The summed E-state index contributed by atoms with van der Waals surface area (Å²) in [6, 6.07) is 8.79. The lowest BCUT2D eigenvalue weighted by atomic mass is 9.95. The van der Waals surface area contributed by atoms with Crippen LogP contribution in [-0.2, 0) is 9.53 Å². The number of methoxy groups -OCH3 is 1. The molecule has 0 spiro atoms. The molecule has 1 unspecified atom stereocenters. The third kappa shape index (κ3) is 6.10. The zero-order chi connectivity index (χ0) is 15.9.